The molecule has 25 heavy (non-hydrogen) atoms. The Hall–Kier alpha value is -1.40. The summed E-state index contributed by atoms with van der Waals surface area (Å²) in [6, 6.07) is 8.62. The summed E-state index contributed by atoms with van der Waals surface area (Å²) in [5.74, 6) is 0.225. The smallest absolute Gasteiger partial charge is 0.173 e. The van der Waals surface area contributed by atoms with Gasteiger partial charge in [-0.2, -0.15) is 0 Å². The first-order chi connectivity index (χ1) is 12.0. The molecule has 0 radical (unpaired) electrons. The summed E-state index contributed by atoms with van der Waals surface area (Å²) in [5.41, 5.74) is 3.16. The third-order valence-electron chi connectivity index (χ3n) is 3.38. The number of rotatable bonds is 6. The largest absolute Gasteiger partial charge is 0.497 e. The molecule has 2 N–H and O–H groups in total. The van der Waals surface area contributed by atoms with Crippen molar-refractivity contribution >= 4 is 39.8 Å². The van der Waals surface area contributed by atoms with E-state index in [1.807, 2.05) is 26.0 Å². The van der Waals surface area contributed by atoms with Crippen molar-refractivity contribution in [2.45, 2.75) is 20.8 Å². The molecule has 0 saturated heterocycles. The lowest BCUT2D eigenvalue weighted by molar-refractivity contribution is 0.375. The summed E-state index contributed by atoms with van der Waals surface area (Å²) < 4.78 is 24.9. The van der Waals surface area contributed by atoms with E-state index in [0.29, 0.717) is 29.0 Å². The maximum atomic E-state index is 14.6. The van der Waals surface area contributed by atoms with Gasteiger partial charge in [0.05, 0.1) is 14.2 Å². The molecular formula is C18H23FIN2O2P. The van der Waals surface area contributed by atoms with E-state index < -0.39 is 5.82 Å². The second-order valence-electron chi connectivity index (χ2n) is 4.80. The summed E-state index contributed by atoms with van der Waals surface area (Å²) in [7, 11) is 2.95. The monoisotopic (exact) mass is 476 g/mol. The van der Waals surface area contributed by atoms with E-state index in [2.05, 4.69) is 27.1 Å². The molecule has 1 unspecified atom stereocenters. The minimum Gasteiger partial charge on any atom is -0.497 e. The first-order valence-corrected chi connectivity index (χ1v) is 11.9. The topological polar surface area (TPSA) is 54.3 Å². The van der Waals surface area contributed by atoms with Gasteiger partial charge in [-0.3, -0.25) is 0 Å². The number of ether oxygens (including phenoxy) is 2. The Balaban J connectivity index is 0.00000151. The van der Waals surface area contributed by atoms with Crippen molar-refractivity contribution in [3.05, 3.63) is 41.7 Å². The molecule has 1 atom stereocenters. The average Bonchev–Trinajstić information content (AvgIpc) is 2.63. The van der Waals surface area contributed by atoms with Gasteiger partial charge in [0.25, 0.3) is 0 Å². The molecule has 7 heteroatoms. The zero-order valence-corrected chi connectivity index (χ0v) is 18.1. The van der Waals surface area contributed by atoms with E-state index in [9.17, 15) is 4.39 Å². The average molecular weight is 476 g/mol. The first kappa shape index (κ1) is 21.6. The lowest BCUT2D eigenvalue weighted by Crippen LogP contribution is -1.99. The molecule has 4 nitrogen and oxygen atoms in total. The van der Waals surface area contributed by atoms with Crippen LogP contribution in [0.5, 0.6) is 11.5 Å². The van der Waals surface area contributed by atoms with Crippen LogP contribution in [-0.4, -0.2) is 19.9 Å². The lowest BCUT2D eigenvalue weighted by Gasteiger charge is -2.14. The number of halogens is 2. The summed E-state index contributed by atoms with van der Waals surface area (Å²) >= 11 is 2.22. The summed E-state index contributed by atoms with van der Waals surface area (Å²) in [4.78, 5) is 0. The van der Waals surface area contributed by atoms with E-state index in [4.69, 9.17) is 14.9 Å². The molecule has 136 valence electrons. The van der Waals surface area contributed by atoms with E-state index in [1.165, 1.54) is 20.3 Å². The van der Waals surface area contributed by atoms with Gasteiger partial charge in [0.15, 0.2) is 11.6 Å². The molecule has 0 fully saturated rings. The van der Waals surface area contributed by atoms with Crippen molar-refractivity contribution in [1.82, 2.24) is 0 Å². The van der Waals surface area contributed by atoms with E-state index in [0.717, 1.165) is 11.3 Å². The molecule has 0 bridgehead atoms. The molecule has 0 spiro atoms. The van der Waals surface area contributed by atoms with Gasteiger partial charge in [-0.05, 0) is 46.7 Å². The van der Waals surface area contributed by atoms with Gasteiger partial charge in [0.1, 0.15) is 5.75 Å². The molecule has 0 aliphatic heterocycles. The van der Waals surface area contributed by atoms with Crippen LogP contribution in [0.3, 0.4) is 0 Å². The molecule has 0 amide bonds. The second-order valence-corrected chi connectivity index (χ2v) is 6.85. The lowest BCUT2D eigenvalue weighted by atomic mass is 9.99. The summed E-state index contributed by atoms with van der Waals surface area (Å²) in [6.45, 7) is 5.73. The molecule has 2 aromatic carbocycles. The Morgan fingerprint density at radius 3 is 2.36 bits per heavy atom. The molecule has 0 aromatic heterocycles. The zero-order chi connectivity index (χ0) is 19.0. The van der Waals surface area contributed by atoms with Gasteiger partial charge in [-0.1, -0.05) is 26.0 Å². The number of methoxy groups -OCH3 is 2. The molecular weight excluding hydrogens is 453 g/mol. The Bertz CT molecular complexity index is 741. The van der Waals surface area contributed by atoms with Crippen molar-refractivity contribution < 1.29 is 13.9 Å². The maximum absolute atomic E-state index is 14.6. The molecule has 0 aliphatic rings. The molecule has 0 saturated carbocycles. The van der Waals surface area contributed by atoms with Crippen molar-refractivity contribution in [3.8, 4) is 22.6 Å². The van der Waals surface area contributed by atoms with Crippen molar-refractivity contribution in [2.75, 3.05) is 19.3 Å². The third kappa shape index (κ3) is 5.28. The van der Waals surface area contributed by atoms with Gasteiger partial charge < -0.3 is 20.0 Å². The number of nitrogens with one attached hydrogen (secondary N) is 2. The molecule has 2 rings (SSSR count). The highest BCUT2D eigenvalue weighted by atomic mass is 127. The standard InChI is InChI=1S/C16H17FIN2O2P.C2H6/c1-9(19)12-5-4-10(6-14(12)20-23-18)13-7-11(21-2)8-15(22-3)16(13)17;1-2/h4-8,19-20,23H,1-3H3;1-2H3. The Morgan fingerprint density at radius 2 is 1.84 bits per heavy atom. The molecule has 0 heterocycles. The fraction of sp³-hybridized carbons (Fsp3) is 0.278. The first-order valence-electron chi connectivity index (χ1n) is 7.75. The highest BCUT2D eigenvalue weighted by Crippen LogP contribution is 2.37. The highest BCUT2D eigenvalue weighted by Gasteiger charge is 2.15. The Kier molecular flexibility index (Phi) is 9.14. The van der Waals surface area contributed by atoms with Crippen LogP contribution in [-0.2, 0) is 0 Å². The van der Waals surface area contributed by atoms with Crippen molar-refractivity contribution in [1.29, 1.82) is 5.41 Å². The normalized spacial score (nSPS) is 10.2. The predicted octanol–water partition coefficient (Wildman–Crippen LogP) is 6.28. The fourth-order valence-electron chi connectivity index (χ4n) is 2.24. The molecule has 2 aromatic rings. The van der Waals surface area contributed by atoms with Gasteiger partial charge >= 0.3 is 0 Å². The molecule has 0 aliphatic carbocycles. The van der Waals surface area contributed by atoms with E-state index in [1.54, 1.807) is 19.1 Å². The zero-order valence-electron chi connectivity index (χ0n) is 15.0. The van der Waals surface area contributed by atoms with Crippen LogP contribution in [0.1, 0.15) is 26.3 Å². The second kappa shape index (κ2) is 10.6. The minimum absolute atomic E-state index is 0.136. The summed E-state index contributed by atoms with van der Waals surface area (Å²) in [5, 5.41) is 11.1. The van der Waals surface area contributed by atoms with Crippen LogP contribution in [0.15, 0.2) is 30.3 Å². The third-order valence-corrected chi connectivity index (χ3v) is 4.56. The van der Waals surface area contributed by atoms with Crippen LogP contribution in [0, 0.1) is 11.2 Å². The maximum Gasteiger partial charge on any atom is 0.173 e. The van der Waals surface area contributed by atoms with E-state index >= 15 is 0 Å². The number of anilines is 1. The Morgan fingerprint density at radius 1 is 1.16 bits per heavy atom. The van der Waals surface area contributed by atoms with Gasteiger partial charge in [-0.15, -0.1) is 0 Å². The number of hydrogen-bond donors (Lipinski definition) is 2. The highest BCUT2D eigenvalue weighted by molar-refractivity contribution is 14.2. The minimum atomic E-state index is -0.435. The Labute approximate surface area is 163 Å². The van der Waals surface area contributed by atoms with Gasteiger partial charge in [-0.25, -0.2) is 4.39 Å². The van der Waals surface area contributed by atoms with Crippen molar-refractivity contribution in [2.24, 2.45) is 0 Å². The quantitative estimate of drug-likeness (QED) is 0.293. The van der Waals surface area contributed by atoms with Gasteiger partial charge in [0.2, 0.25) is 0 Å². The van der Waals surface area contributed by atoms with Crippen LogP contribution in [0.4, 0.5) is 10.1 Å². The van der Waals surface area contributed by atoms with Crippen LogP contribution in [0.2, 0.25) is 0 Å². The van der Waals surface area contributed by atoms with Gasteiger partial charge in [0, 0.05) is 35.0 Å². The van der Waals surface area contributed by atoms with Crippen LogP contribution in [0.25, 0.3) is 11.1 Å². The SMILES string of the molecule is CC.COc1cc(OC)c(F)c(-c2ccc(C(C)=N)c(NPI)c2)c1. The van der Waals surface area contributed by atoms with Crippen LogP contribution >= 0.6 is 28.4 Å². The summed E-state index contributed by atoms with van der Waals surface area (Å²) in [6.07, 6.45) is 0.451. The van der Waals surface area contributed by atoms with Crippen molar-refractivity contribution in [3.63, 3.8) is 0 Å². The fourth-order valence-corrected chi connectivity index (χ4v) is 3.42. The van der Waals surface area contributed by atoms with Crippen LogP contribution < -0.4 is 14.6 Å². The van der Waals surface area contributed by atoms with E-state index in [-0.39, 0.29) is 5.75 Å². The number of hydrogen-bond acceptors (Lipinski definition) is 4. The predicted molar refractivity (Wildman–Crippen MR) is 115 cm³/mol. The number of benzene rings is 2.